The van der Waals surface area contributed by atoms with Crippen molar-refractivity contribution in [2.75, 3.05) is 31.5 Å². The van der Waals surface area contributed by atoms with Gasteiger partial charge in [-0.05, 0) is 30.5 Å². The van der Waals surface area contributed by atoms with Gasteiger partial charge in [-0.3, -0.25) is 14.5 Å². The minimum atomic E-state index is -0.330. The van der Waals surface area contributed by atoms with E-state index in [0.29, 0.717) is 41.9 Å². The molecule has 1 saturated heterocycles. The number of nitrogens with one attached hydrogen (secondary N) is 1. The Morgan fingerprint density at radius 2 is 1.85 bits per heavy atom. The molecule has 0 spiro atoms. The lowest BCUT2D eigenvalue weighted by atomic mass is 10.2. The highest BCUT2D eigenvalue weighted by atomic mass is 35.5. The van der Waals surface area contributed by atoms with E-state index in [1.807, 2.05) is 29.3 Å². The van der Waals surface area contributed by atoms with E-state index in [4.69, 9.17) is 23.2 Å². The first-order valence-electron chi connectivity index (χ1n) is 8.29. The van der Waals surface area contributed by atoms with Gasteiger partial charge in [-0.15, -0.1) is 11.3 Å². The molecule has 26 heavy (non-hydrogen) atoms. The van der Waals surface area contributed by atoms with Gasteiger partial charge in [-0.2, -0.15) is 0 Å². The highest BCUT2D eigenvalue weighted by molar-refractivity contribution is 7.12. The number of hydrogen-bond donors (Lipinski definition) is 1. The van der Waals surface area contributed by atoms with Crippen LogP contribution < -0.4 is 5.32 Å². The summed E-state index contributed by atoms with van der Waals surface area (Å²) in [6.07, 6.45) is 0. The van der Waals surface area contributed by atoms with Crippen molar-refractivity contribution in [1.29, 1.82) is 0 Å². The van der Waals surface area contributed by atoms with Crippen LogP contribution in [-0.2, 0) is 4.79 Å². The van der Waals surface area contributed by atoms with E-state index in [-0.39, 0.29) is 17.9 Å². The Bertz CT molecular complexity index is 790. The number of carbonyl (C=O) groups excluding carboxylic acids is 2. The summed E-state index contributed by atoms with van der Waals surface area (Å²) in [5, 5.41) is 5.46. The zero-order valence-electron chi connectivity index (χ0n) is 14.2. The average molecular weight is 412 g/mol. The molecule has 138 valence electrons. The van der Waals surface area contributed by atoms with E-state index in [0.717, 1.165) is 4.88 Å². The van der Waals surface area contributed by atoms with Crippen LogP contribution >= 0.6 is 34.5 Å². The Kier molecular flexibility index (Phi) is 6.19. The van der Waals surface area contributed by atoms with Crippen molar-refractivity contribution in [2.24, 2.45) is 0 Å². The van der Waals surface area contributed by atoms with Gasteiger partial charge in [-0.1, -0.05) is 35.3 Å². The molecule has 1 N–H and O–H groups in total. The molecule has 1 fully saturated rings. The molecular formula is C18H19Cl2N3O2S. The van der Waals surface area contributed by atoms with Gasteiger partial charge in [0.25, 0.3) is 5.91 Å². The molecule has 0 unspecified atom stereocenters. The third kappa shape index (κ3) is 4.20. The van der Waals surface area contributed by atoms with Crippen molar-refractivity contribution in [3.63, 3.8) is 0 Å². The van der Waals surface area contributed by atoms with E-state index in [2.05, 4.69) is 10.2 Å². The zero-order valence-corrected chi connectivity index (χ0v) is 16.6. The Labute approximate surface area is 166 Å². The van der Waals surface area contributed by atoms with Crippen molar-refractivity contribution in [1.82, 2.24) is 9.80 Å². The number of halogens is 2. The van der Waals surface area contributed by atoms with Crippen LogP contribution in [0.5, 0.6) is 0 Å². The fourth-order valence-corrected chi connectivity index (χ4v) is 3.91. The largest absolute Gasteiger partial charge is 0.335 e. The Balaban J connectivity index is 1.56. The molecule has 0 bridgehead atoms. The standard InChI is InChI=1S/C18H19Cl2N3O2S/c1-12(17(24)21-14-5-2-4-13(19)16(14)20)22-7-9-23(10-8-22)18(25)15-6-3-11-26-15/h2-6,11-12H,7-10H2,1H3,(H,21,24)/t12-/m1/s1. The number of benzene rings is 1. The van der Waals surface area contributed by atoms with Gasteiger partial charge in [0.1, 0.15) is 0 Å². The van der Waals surface area contributed by atoms with E-state index in [9.17, 15) is 9.59 Å². The van der Waals surface area contributed by atoms with Crippen LogP contribution in [0, 0.1) is 0 Å². The predicted octanol–water partition coefficient (Wildman–Crippen LogP) is 3.84. The van der Waals surface area contributed by atoms with E-state index in [1.54, 1.807) is 18.2 Å². The van der Waals surface area contributed by atoms with Crippen molar-refractivity contribution in [3.8, 4) is 0 Å². The zero-order chi connectivity index (χ0) is 18.7. The van der Waals surface area contributed by atoms with Gasteiger partial charge in [0.2, 0.25) is 5.91 Å². The van der Waals surface area contributed by atoms with Gasteiger partial charge in [-0.25, -0.2) is 0 Å². The molecule has 2 aromatic rings. The molecule has 3 rings (SSSR count). The molecule has 1 aliphatic rings. The molecule has 0 radical (unpaired) electrons. The summed E-state index contributed by atoms with van der Waals surface area (Å²) >= 11 is 13.6. The normalized spacial score (nSPS) is 16.3. The Hall–Kier alpha value is -1.60. The van der Waals surface area contributed by atoms with Gasteiger partial charge >= 0.3 is 0 Å². The van der Waals surface area contributed by atoms with Gasteiger partial charge in [0.05, 0.1) is 26.7 Å². The monoisotopic (exact) mass is 411 g/mol. The van der Waals surface area contributed by atoms with E-state index >= 15 is 0 Å². The maximum absolute atomic E-state index is 12.5. The molecule has 1 atom stereocenters. The van der Waals surface area contributed by atoms with Crippen molar-refractivity contribution in [3.05, 3.63) is 50.6 Å². The maximum Gasteiger partial charge on any atom is 0.264 e. The molecular weight excluding hydrogens is 393 g/mol. The van der Waals surface area contributed by atoms with Crippen molar-refractivity contribution < 1.29 is 9.59 Å². The summed E-state index contributed by atoms with van der Waals surface area (Å²) in [4.78, 5) is 29.6. The molecule has 0 aliphatic carbocycles. The first-order valence-corrected chi connectivity index (χ1v) is 9.92. The maximum atomic E-state index is 12.5. The quantitative estimate of drug-likeness (QED) is 0.831. The summed E-state index contributed by atoms with van der Waals surface area (Å²) < 4.78 is 0. The lowest BCUT2D eigenvalue weighted by Crippen LogP contribution is -2.53. The van der Waals surface area contributed by atoms with Gasteiger partial charge in [0, 0.05) is 26.2 Å². The van der Waals surface area contributed by atoms with Crippen LogP contribution in [0.2, 0.25) is 10.0 Å². The van der Waals surface area contributed by atoms with Crippen LogP contribution in [0.4, 0.5) is 5.69 Å². The number of thiophene rings is 1. The van der Waals surface area contributed by atoms with E-state index < -0.39 is 0 Å². The highest BCUT2D eigenvalue weighted by Gasteiger charge is 2.28. The highest BCUT2D eigenvalue weighted by Crippen LogP contribution is 2.29. The first kappa shape index (κ1) is 19.2. The summed E-state index contributed by atoms with van der Waals surface area (Å²) in [7, 11) is 0. The third-order valence-electron chi connectivity index (χ3n) is 4.47. The molecule has 8 heteroatoms. The van der Waals surface area contributed by atoms with Crippen molar-refractivity contribution >= 4 is 52.0 Å². The number of carbonyl (C=O) groups is 2. The number of hydrogen-bond acceptors (Lipinski definition) is 4. The topological polar surface area (TPSA) is 52.7 Å². The fourth-order valence-electron chi connectivity index (χ4n) is 2.87. The van der Waals surface area contributed by atoms with Crippen LogP contribution in [0.3, 0.4) is 0 Å². The van der Waals surface area contributed by atoms with Crippen LogP contribution in [-0.4, -0.2) is 53.8 Å². The molecule has 5 nitrogen and oxygen atoms in total. The molecule has 2 heterocycles. The second-order valence-corrected chi connectivity index (χ2v) is 7.80. The minimum absolute atomic E-state index is 0.0578. The number of amides is 2. The number of piperazine rings is 1. The van der Waals surface area contributed by atoms with Crippen LogP contribution in [0.25, 0.3) is 0 Å². The lowest BCUT2D eigenvalue weighted by Gasteiger charge is -2.37. The fraction of sp³-hybridized carbons (Fsp3) is 0.333. The molecule has 1 aliphatic heterocycles. The minimum Gasteiger partial charge on any atom is -0.335 e. The predicted molar refractivity (Wildman–Crippen MR) is 106 cm³/mol. The second kappa shape index (κ2) is 8.39. The Morgan fingerprint density at radius 1 is 1.12 bits per heavy atom. The molecule has 0 saturated carbocycles. The van der Waals surface area contributed by atoms with Gasteiger partial charge in [0.15, 0.2) is 0 Å². The molecule has 1 aromatic carbocycles. The summed E-state index contributed by atoms with van der Waals surface area (Å²) in [6, 6.07) is 8.52. The van der Waals surface area contributed by atoms with Crippen LogP contribution in [0.15, 0.2) is 35.7 Å². The average Bonchev–Trinajstić information content (AvgIpc) is 3.19. The van der Waals surface area contributed by atoms with E-state index in [1.165, 1.54) is 11.3 Å². The third-order valence-corrected chi connectivity index (χ3v) is 6.15. The lowest BCUT2D eigenvalue weighted by molar-refractivity contribution is -0.121. The number of rotatable bonds is 4. The smallest absolute Gasteiger partial charge is 0.264 e. The second-order valence-electron chi connectivity index (χ2n) is 6.07. The Morgan fingerprint density at radius 3 is 2.50 bits per heavy atom. The van der Waals surface area contributed by atoms with Crippen LogP contribution in [0.1, 0.15) is 16.6 Å². The molecule has 1 aromatic heterocycles. The van der Waals surface area contributed by atoms with Gasteiger partial charge < -0.3 is 10.2 Å². The molecule has 2 amide bonds. The summed E-state index contributed by atoms with van der Waals surface area (Å²) in [5.74, 6) is -0.0883. The van der Waals surface area contributed by atoms with Crippen molar-refractivity contribution in [2.45, 2.75) is 13.0 Å². The summed E-state index contributed by atoms with van der Waals surface area (Å²) in [6.45, 7) is 4.35. The summed E-state index contributed by atoms with van der Waals surface area (Å²) in [5.41, 5.74) is 0.502. The SMILES string of the molecule is C[C@H](C(=O)Nc1cccc(Cl)c1Cl)N1CCN(C(=O)c2cccs2)CC1. The number of nitrogens with zero attached hydrogens (tertiary/aromatic N) is 2. The first-order chi connectivity index (χ1) is 12.5. The number of anilines is 1.